The lowest BCUT2D eigenvalue weighted by atomic mass is 9.98. The topological polar surface area (TPSA) is 57.5 Å². The molecule has 0 saturated carbocycles. The van der Waals surface area contributed by atoms with Gasteiger partial charge in [-0.2, -0.15) is 11.3 Å². The Bertz CT molecular complexity index is 292. The molecule has 1 rings (SSSR count). The van der Waals surface area contributed by atoms with Gasteiger partial charge in [-0.1, -0.05) is 6.08 Å². The van der Waals surface area contributed by atoms with Crippen LogP contribution in [0.4, 0.5) is 0 Å². The van der Waals surface area contributed by atoms with Gasteiger partial charge in [-0.25, -0.2) is 0 Å². The molecule has 0 aliphatic rings. The second-order valence-corrected chi connectivity index (χ2v) is 3.38. The summed E-state index contributed by atoms with van der Waals surface area (Å²) >= 11 is 1.42. The number of carboxylic acids is 1. The Labute approximate surface area is 80.0 Å². The molecule has 2 unspecified atom stereocenters. The van der Waals surface area contributed by atoms with Crippen LogP contribution in [0.3, 0.4) is 0 Å². The van der Waals surface area contributed by atoms with Crippen LogP contribution >= 0.6 is 11.3 Å². The molecule has 1 aromatic heterocycles. The van der Waals surface area contributed by atoms with Gasteiger partial charge in [0, 0.05) is 0 Å². The zero-order valence-electron chi connectivity index (χ0n) is 6.88. The van der Waals surface area contributed by atoms with Gasteiger partial charge in [-0.15, -0.1) is 6.58 Å². The third kappa shape index (κ3) is 2.17. The fourth-order valence-corrected chi connectivity index (χ4v) is 1.70. The maximum absolute atomic E-state index is 10.6. The number of hydrogen-bond acceptors (Lipinski definition) is 3. The smallest absolute Gasteiger partial charge is 0.313 e. The second kappa shape index (κ2) is 4.20. The lowest BCUT2D eigenvalue weighted by Crippen LogP contribution is -2.19. The first-order valence-corrected chi connectivity index (χ1v) is 4.66. The van der Waals surface area contributed by atoms with Crippen molar-refractivity contribution in [1.82, 2.24) is 0 Å². The molecule has 0 saturated heterocycles. The Morgan fingerprint density at radius 3 is 2.77 bits per heavy atom. The molecule has 4 heteroatoms. The average molecular weight is 198 g/mol. The number of aliphatic carboxylic acids is 1. The summed E-state index contributed by atoms with van der Waals surface area (Å²) in [6.07, 6.45) is 0.242. The highest BCUT2D eigenvalue weighted by molar-refractivity contribution is 7.07. The highest BCUT2D eigenvalue weighted by Crippen LogP contribution is 2.24. The number of aliphatic hydroxyl groups is 1. The Morgan fingerprint density at radius 2 is 2.38 bits per heavy atom. The number of carbonyl (C=O) groups is 1. The van der Waals surface area contributed by atoms with Gasteiger partial charge in [-0.05, 0) is 22.4 Å². The first kappa shape index (κ1) is 9.95. The molecule has 13 heavy (non-hydrogen) atoms. The number of hydrogen-bond donors (Lipinski definition) is 2. The average Bonchev–Trinajstić information content (AvgIpc) is 2.56. The van der Waals surface area contributed by atoms with Gasteiger partial charge >= 0.3 is 5.97 Å². The van der Waals surface area contributed by atoms with Crippen LogP contribution in [0.15, 0.2) is 29.5 Å². The van der Waals surface area contributed by atoms with Crippen LogP contribution in [0.25, 0.3) is 0 Å². The van der Waals surface area contributed by atoms with Crippen LogP contribution in [-0.2, 0) is 4.79 Å². The van der Waals surface area contributed by atoms with Crippen molar-refractivity contribution < 1.29 is 15.0 Å². The minimum atomic E-state index is -1.06. The summed E-state index contributed by atoms with van der Waals surface area (Å²) < 4.78 is 0. The maximum Gasteiger partial charge on any atom is 0.313 e. The van der Waals surface area contributed by atoms with Crippen molar-refractivity contribution >= 4 is 17.3 Å². The van der Waals surface area contributed by atoms with Crippen molar-refractivity contribution in [3.63, 3.8) is 0 Å². The summed E-state index contributed by atoms with van der Waals surface area (Å²) in [5.74, 6) is -2.00. The molecule has 1 aromatic rings. The van der Waals surface area contributed by atoms with Gasteiger partial charge in [0.25, 0.3) is 0 Å². The van der Waals surface area contributed by atoms with Crippen molar-refractivity contribution in [2.75, 3.05) is 0 Å². The normalized spacial score (nSPS) is 14.8. The summed E-state index contributed by atoms with van der Waals surface area (Å²) in [6, 6.07) is 1.70. The molecule has 3 nitrogen and oxygen atoms in total. The van der Waals surface area contributed by atoms with Crippen LogP contribution in [0.5, 0.6) is 0 Å². The second-order valence-electron chi connectivity index (χ2n) is 2.60. The molecular weight excluding hydrogens is 188 g/mol. The summed E-state index contributed by atoms with van der Waals surface area (Å²) in [5, 5.41) is 21.8. The minimum Gasteiger partial charge on any atom is -0.481 e. The zero-order chi connectivity index (χ0) is 9.84. The van der Waals surface area contributed by atoms with Gasteiger partial charge in [-0.3, -0.25) is 4.79 Å². The lowest BCUT2D eigenvalue weighted by Gasteiger charge is -2.13. The Hall–Kier alpha value is -1.13. The molecule has 0 aliphatic carbocycles. The van der Waals surface area contributed by atoms with E-state index < -0.39 is 18.0 Å². The number of aliphatic hydroxyl groups excluding tert-OH is 1. The molecule has 0 spiro atoms. The van der Waals surface area contributed by atoms with Crippen molar-refractivity contribution in [2.24, 2.45) is 5.92 Å². The number of carboxylic acid groups (broad SMARTS) is 1. The number of thiophene rings is 1. The summed E-state index contributed by atoms with van der Waals surface area (Å²) in [5.41, 5.74) is 0.623. The molecule has 0 bridgehead atoms. The van der Waals surface area contributed by atoms with E-state index in [0.717, 1.165) is 0 Å². The monoisotopic (exact) mass is 198 g/mol. The molecule has 2 atom stereocenters. The maximum atomic E-state index is 10.6. The largest absolute Gasteiger partial charge is 0.481 e. The molecule has 0 radical (unpaired) electrons. The van der Waals surface area contributed by atoms with E-state index >= 15 is 0 Å². The Kier molecular flexibility index (Phi) is 3.22. The van der Waals surface area contributed by atoms with Crippen LogP contribution in [0.2, 0.25) is 0 Å². The van der Waals surface area contributed by atoms with Gasteiger partial charge in [0.2, 0.25) is 0 Å². The van der Waals surface area contributed by atoms with Gasteiger partial charge in [0.05, 0.1) is 6.10 Å². The molecular formula is C9H10O3S. The van der Waals surface area contributed by atoms with Gasteiger partial charge in [0.1, 0.15) is 5.92 Å². The van der Waals surface area contributed by atoms with Crippen molar-refractivity contribution in [1.29, 1.82) is 0 Å². The summed E-state index contributed by atoms with van der Waals surface area (Å²) in [6.45, 7) is 3.38. The number of rotatable bonds is 4. The quantitative estimate of drug-likeness (QED) is 0.723. The van der Waals surface area contributed by atoms with Crippen molar-refractivity contribution in [3.8, 4) is 0 Å². The summed E-state index contributed by atoms with van der Waals surface area (Å²) in [4.78, 5) is 10.6. The van der Waals surface area contributed by atoms with Crippen LogP contribution in [0.1, 0.15) is 11.7 Å². The van der Waals surface area contributed by atoms with Crippen LogP contribution < -0.4 is 0 Å². The molecule has 70 valence electrons. The highest BCUT2D eigenvalue weighted by atomic mass is 32.1. The SMILES string of the molecule is C=CC(C(=O)O)C(O)c1ccsc1. The van der Waals surface area contributed by atoms with E-state index in [9.17, 15) is 9.90 Å². The molecule has 0 aliphatic heterocycles. The van der Waals surface area contributed by atoms with Gasteiger partial charge < -0.3 is 10.2 Å². The third-order valence-corrected chi connectivity index (χ3v) is 2.47. The first-order valence-electron chi connectivity index (χ1n) is 3.72. The van der Waals surface area contributed by atoms with E-state index in [-0.39, 0.29) is 0 Å². The van der Waals surface area contributed by atoms with E-state index in [4.69, 9.17) is 5.11 Å². The van der Waals surface area contributed by atoms with E-state index in [2.05, 4.69) is 6.58 Å². The van der Waals surface area contributed by atoms with Crippen LogP contribution in [-0.4, -0.2) is 16.2 Å². The van der Waals surface area contributed by atoms with Crippen molar-refractivity contribution in [3.05, 3.63) is 35.0 Å². The third-order valence-electron chi connectivity index (χ3n) is 1.76. The molecule has 2 N–H and O–H groups in total. The predicted molar refractivity (Wildman–Crippen MR) is 50.6 cm³/mol. The minimum absolute atomic E-state index is 0.623. The molecule has 0 amide bonds. The summed E-state index contributed by atoms with van der Waals surface area (Å²) in [7, 11) is 0. The zero-order valence-corrected chi connectivity index (χ0v) is 7.70. The van der Waals surface area contributed by atoms with E-state index in [1.54, 1.807) is 16.8 Å². The Morgan fingerprint density at radius 1 is 1.69 bits per heavy atom. The molecule has 0 fully saturated rings. The lowest BCUT2D eigenvalue weighted by molar-refractivity contribution is -0.143. The standard InChI is InChI=1S/C9H10O3S/c1-2-7(9(11)12)8(10)6-3-4-13-5-6/h2-5,7-8,10H,1H2,(H,11,12). The fraction of sp³-hybridized carbons (Fsp3) is 0.222. The highest BCUT2D eigenvalue weighted by Gasteiger charge is 2.24. The van der Waals surface area contributed by atoms with Gasteiger partial charge in [0.15, 0.2) is 0 Å². The first-order chi connectivity index (χ1) is 6.16. The predicted octanol–water partition coefficient (Wildman–Crippen LogP) is 1.67. The van der Waals surface area contributed by atoms with Crippen molar-refractivity contribution in [2.45, 2.75) is 6.10 Å². The van der Waals surface area contributed by atoms with Crippen LogP contribution in [0, 0.1) is 5.92 Å². The molecule has 1 heterocycles. The fourth-order valence-electron chi connectivity index (χ4n) is 1.02. The van der Waals surface area contributed by atoms with E-state index in [1.807, 2.05) is 0 Å². The Balaban J connectivity index is 2.82. The molecule has 0 aromatic carbocycles. The van der Waals surface area contributed by atoms with E-state index in [1.165, 1.54) is 17.4 Å². The van der Waals surface area contributed by atoms with E-state index in [0.29, 0.717) is 5.56 Å².